The van der Waals surface area contributed by atoms with Gasteiger partial charge in [0.05, 0.1) is 11.2 Å². The minimum atomic E-state index is -0.334. The maximum absolute atomic E-state index is 6.14. The van der Waals surface area contributed by atoms with Crippen molar-refractivity contribution < 1.29 is 9.31 Å². The number of hydrogen-bond donors (Lipinski definition) is 0. The summed E-state index contributed by atoms with van der Waals surface area (Å²) in [5.41, 5.74) is 1.58. The van der Waals surface area contributed by atoms with Crippen molar-refractivity contribution in [3.8, 4) is 0 Å². The van der Waals surface area contributed by atoms with Crippen LogP contribution >= 0.6 is 0 Å². The van der Waals surface area contributed by atoms with Gasteiger partial charge in [-0.3, -0.25) is 0 Å². The van der Waals surface area contributed by atoms with E-state index in [-0.39, 0.29) is 18.3 Å². The van der Waals surface area contributed by atoms with E-state index in [1.165, 1.54) is 24.8 Å². The van der Waals surface area contributed by atoms with Gasteiger partial charge >= 0.3 is 7.12 Å². The molecule has 0 bridgehead atoms. The van der Waals surface area contributed by atoms with Crippen molar-refractivity contribution in [2.45, 2.75) is 78.0 Å². The summed E-state index contributed by atoms with van der Waals surface area (Å²) in [6.45, 7) is 13.9. The van der Waals surface area contributed by atoms with Crippen LogP contribution in [0.3, 0.4) is 0 Å². The van der Waals surface area contributed by atoms with E-state index in [1.54, 1.807) is 0 Å². The first-order valence-electron chi connectivity index (χ1n) is 8.80. The molecular formula is C18H29BN2O2. The molecule has 2 saturated heterocycles. The number of anilines is 1. The molecule has 2 aliphatic rings. The lowest BCUT2D eigenvalue weighted by Crippen LogP contribution is -2.41. The second-order valence-electron chi connectivity index (χ2n) is 8.04. The Bertz CT molecular complexity index is 572. The Balaban J connectivity index is 1.83. The summed E-state index contributed by atoms with van der Waals surface area (Å²) in [5, 5.41) is 0. The Labute approximate surface area is 140 Å². The van der Waals surface area contributed by atoms with E-state index in [9.17, 15) is 0 Å². The van der Waals surface area contributed by atoms with Crippen LogP contribution in [0.5, 0.6) is 0 Å². The Morgan fingerprint density at radius 2 is 1.83 bits per heavy atom. The normalized spacial score (nSPS) is 26.6. The van der Waals surface area contributed by atoms with Crippen LogP contribution in [0, 0.1) is 6.92 Å². The number of aromatic nitrogens is 1. The van der Waals surface area contributed by atoms with Crippen molar-refractivity contribution >= 4 is 18.4 Å². The molecule has 0 amide bonds. The molecule has 0 saturated carbocycles. The fourth-order valence-corrected chi connectivity index (χ4v) is 3.41. The van der Waals surface area contributed by atoms with Crippen molar-refractivity contribution in [2.24, 2.45) is 0 Å². The van der Waals surface area contributed by atoms with Crippen molar-refractivity contribution in [1.29, 1.82) is 0 Å². The Morgan fingerprint density at radius 3 is 2.39 bits per heavy atom. The zero-order chi connectivity index (χ0) is 16.8. The zero-order valence-electron chi connectivity index (χ0n) is 15.3. The number of hydrogen-bond acceptors (Lipinski definition) is 4. The standard InChI is InChI=1S/C18H29BN2O2/c1-13-11-15(19-22-17(3,4)18(5,6)23-19)12-20-16(13)21-10-8-7-9-14(21)2/h11-12,14H,7-10H2,1-6H3. The van der Waals surface area contributed by atoms with Crippen LogP contribution in [-0.2, 0) is 9.31 Å². The van der Waals surface area contributed by atoms with Crippen LogP contribution in [0.25, 0.3) is 0 Å². The van der Waals surface area contributed by atoms with Crippen molar-refractivity contribution in [2.75, 3.05) is 11.4 Å². The molecular weight excluding hydrogens is 287 g/mol. The molecule has 3 rings (SSSR count). The molecule has 1 unspecified atom stereocenters. The van der Waals surface area contributed by atoms with Crippen molar-refractivity contribution in [3.05, 3.63) is 17.8 Å². The van der Waals surface area contributed by atoms with E-state index in [1.807, 2.05) is 6.20 Å². The number of pyridine rings is 1. The number of piperidine rings is 1. The maximum atomic E-state index is 6.14. The van der Waals surface area contributed by atoms with Gasteiger partial charge < -0.3 is 14.2 Å². The van der Waals surface area contributed by atoms with Crippen molar-refractivity contribution in [1.82, 2.24) is 4.98 Å². The fraction of sp³-hybridized carbons (Fsp3) is 0.722. The predicted molar refractivity (Wildman–Crippen MR) is 95.3 cm³/mol. The Hall–Kier alpha value is -1.07. The third kappa shape index (κ3) is 3.01. The van der Waals surface area contributed by atoms with Gasteiger partial charge in [-0.05, 0) is 66.4 Å². The first kappa shape index (κ1) is 16.8. The monoisotopic (exact) mass is 316 g/mol. The van der Waals surface area contributed by atoms with Crippen LogP contribution in [0.4, 0.5) is 5.82 Å². The minimum Gasteiger partial charge on any atom is -0.399 e. The smallest absolute Gasteiger partial charge is 0.399 e. The summed E-state index contributed by atoms with van der Waals surface area (Å²) in [6, 6.07) is 2.74. The molecule has 4 nitrogen and oxygen atoms in total. The molecule has 1 aromatic rings. The lowest BCUT2D eigenvalue weighted by molar-refractivity contribution is 0.00578. The Morgan fingerprint density at radius 1 is 1.17 bits per heavy atom. The molecule has 3 heterocycles. The van der Waals surface area contributed by atoms with Gasteiger partial charge in [0.25, 0.3) is 0 Å². The van der Waals surface area contributed by atoms with Crippen LogP contribution in [0.15, 0.2) is 12.3 Å². The van der Waals surface area contributed by atoms with E-state index in [0.717, 1.165) is 17.8 Å². The molecule has 23 heavy (non-hydrogen) atoms. The second-order valence-corrected chi connectivity index (χ2v) is 8.04. The molecule has 0 spiro atoms. The average Bonchev–Trinajstić information content (AvgIpc) is 2.68. The molecule has 0 aliphatic carbocycles. The maximum Gasteiger partial charge on any atom is 0.496 e. The number of rotatable bonds is 2. The predicted octanol–water partition coefficient (Wildman–Crippen LogP) is 3.07. The first-order chi connectivity index (χ1) is 10.7. The number of aryl methyl sites for hydroxylation is 1. The van der Waals surface area contributed by atoms with E-state index in [4.69, 9.17) is 14.3 Å². The van der Waals surface area contributed by atoms with E-state index < -0.39 is 0 Å². The third-order valence-corrected chi connectivity index (χ3v) is 5.67. The molecule has 0 radical (unpaired) electrons. The lowest BCUT2D eigenvalue weighted by Gasteiger charge is -2.35. The van der Waals surface area contributed by atoms with Crippen LogP contribution in [-0.4, -0.2) is 35.9 Å². The highest BCUT2D eigenvalue weighted by Gasteiger charge is 2.51. The minimum absolute atomic E-state index is 0.314. The molecule has 2 aliphatic heterocycles. The van der Waals surface area contributed by atoms with E-state index in [0.29, 0.717) is 6.04 Å². The largest absolute Gasteiger partial charge is 0.496 e. The quantitative estimate of drug-likeness (QED) is 0.786. The van der Waals surface area contributed by atoms with Gasteiger partial charge in [-0.25, -0.2) is 4.98 Å². The van der Waals surface area contributed by atoms with Gasteiger partial charge in [-0.2, -0.15) is 0 Å². The molecule has 1 atom stereocenters. The summed E-state index contributed by atoms with van der Waals surface area (Å²) in [4.78, 5) is 7.20. The highest BCUT2D eigenvalue weighted by atomic mass is 16.7. The molecule has 1 aromatic heterocycles. The van der Waals surface area contributed by atoms with Crippen LogP contribution < -0.4 is 10.4 Å². The first-order valence-corrected chi connectivity index (χ1v) is 8.80. The van der Waals surface area contributed by atoms with Crippen LogP contribution in [0.2, 0.25) is 0 Å². The molecule has 5 heteroatoms. The SMILES string of the molecule is Cc1cc(B2OC(C)(C)C(C)(C)O2)cnc1N1CCCCC1C. The highest BCUT2D eigenvalue weighted by molar-refractivity contribution is 6.62. The molecule has 2 fully saturated rings. The zero-order valence-corrected chi connectivity index (χ0v) is 15.3. The summed E-state index contributed by atoms with van der Waals surface area (Å²) >= 11 is 0. The van der Waals surface area contributed by atoms with Crippen LogP contribution in [0.1, 0.15) is 59.4 Å². The lowest BCUT2D eigenvalue weighted by atomic mass is 9.79. The Kier molecular flexibility index (Phi) is 4.22. The summed E-state index contributed by atoms with van der Waals surface area (Å²) in [7, 11) is -0.334. The van der Waals surface area contributed by atoms with E-state index >= 15 is 0 Å². The molecule has 0 N–H and O–H groups in total. The van der Waals surface area contributed by atoms with Gasteiger partial charge in [-0.1, -0.05) is 6.07 Å². The summed E-state index contributed by atoms with van der Waals surface area (Å²) < 4.78 is 12.3. The number of nitrogens with zero attached hydrogens (tertiary/aromatic N) is 2. The highest BCUT2D eigenvalue weighted by Crippen LogP contribution is 2.36. The molecule has 126 valence electrons. The molecule has 0 aromatic carbocycles. The van der Waals surface area contributed by atoms with E-state index in [2.05, 4.69) is 52.5 Å². The summed E-state index contributed by atoms with van der Waals surface area (Å²) in [5.74, 6) is 1.11. The fourth-order valence-electron chi connectivity index (χ4n) is 3.41. The van der Waals surface area contributed by atoms with Gasteiger partial charge in [0.15, 0.2) is 0 Å². The van der Waals surface area contributed by atoms with Gasteiger partial charge in [0.2, 0.25) is 0 Å². The van der Waals surface area contributed by atoms with Gasteiger partial charge in [0.1, 0.15) is 5.82 Å². The topological polar surface area (TPSA) is 34.6 Å². The second kappa shape index (κ2) is 5.78. The van der Waals surface area contributed by atoms with Gasteiger partial charge in [0, 0.05) is 24.2 Å². The van der Waals surface area contributed by atoms with Gasteiger partial charge in [-0.15, -0.1) is 0 Å². The average molecular weight is 316 g/mol. The van der Waals surface area contributed by atoms with Crippen molar-refractivity contribution in [3.63, 3.8) is 0 Å². The summed E-state index contributed by atoms with van der Waals surface area (Å²) in [6.07, 6.45) is 5.75. The third-order valence-electron chi connectivity index (χ3n) is 5.67.